The maximum atomic E-state index is 13.4. The lowest BCUT2D eigenvalue weighted by Crippen LogP contribution is -2.37. The lowest BCUT2D eigenvalue weighted by Gasteiger charge is -2.24. The monoisotopic (exact) mass is 317 g/mol. The fourth-order valence-electron chi connectivity index (χ4n) is 2.72. The minimum Gasteiger partial charge on any atom is -0.344 e. The van der Waals surface area contributed by atoms with E-state index in [1.54, 1.807) is 24.9 Å². The number of hydrogen-bond donors (Lipinski definition) is 0. The number of aryl methyl sites for hydroxylation is 1. The zero-order chi connectivity index (χ0) is 16.4. The van der Waals surface area contributed by atoms with Crippen LogP contribution >= 0.6 is 0 Å². The van der Waals surface area contributed by atoms with Crippen molar-refractivity contribution in [3.05, 3.63) is 41.5 Å². The molecular formula is C16H20FN5O. The van der Waals surface area contributed by atoms with Crippen molar-refractivity contribution in [2.24, 2.45) is 5.92 Å². The predicted octanol–water partition coefficient (Wildman–Crippen LogP) is 1.77. The fourth-order valence-corrected chi connectivity index (χ4v) is 2.72. The number of hydrogen-bond acceptors (Lipinski definition) is 4. The van der Waals surface area contributed by atoms with E-state index in [-0.39, 0.29) is 11.7 Å². The molecule has 6 nitrogen and oxygen atoms in total. The molecule has 1 aliphatic rings. The molecule has 1 saturated carbocycles. The van der Waals surface area contributed by atoms with Crippen molar-refractivity contribution >= 4 is 5.91 Å². The van der Waals surface area contributed by atoms with Crippen LogP contribution in [0.25, 0.3) is 0 Å². The number of halogens is 1. The van der Waals surface area contributed by atoms with Crippen LogP contribution in [0.1, 0.15) is 30.3 Å². The van der Waals surface area contributed by atoms with Crippen LogP contribution < -0.4 is 0 Å². The molecule has 0 unspecified atom stereocenters. The van der Waals surface area contributed by atoms with E-state index in [1.165, 1.54) is 29.7 Å². The summed E-state index contributed by atoms with van der Waals surface area (Å²) in [7, 11) is 1.80. The normalized spacial score (nSPS) is 15.4. The van der Waals surface area contributed by atoms with Gasteiger partial charge in [-0.1, -0.05) is 12.1 Å². The van der Waals surface area contributed by atoms with Crippen LogP contribution in [0.4, 0.5) is 4.39 Å². The maximum absolute atomic E-state index is 13.4. The zero-order valence-electron chi connectivity index (χ0n) is 13.3. The smallest absolute Gasteiger partial charge is 0.247 e. The van der Waals surface area contributed by atoms with Crippen molar-refractivity contribution in [2.45, 2.75) is 32.2 Å². The Morgan fingerprint density at radius 1 is 1.48 bits per heavy atom. The van der Waals surface area contributed by atoms with Crippen LogP contribution in [0.5, 0.6) is 0 Å². The molecule has 1 fully saturated rings. The standard InChI is InChI=1S/C16H20FN5O/c1-11-18-19-20-22(11)15(9-13-4-3-5-14(17)8-13)16(23)21(2)10-12-6-7-12/h3-5,8,12,15H,6-7,9-10H2,1-2H3/t15-/m1/s1. The molecule has 0 N–H and O–H groups in total. The van der Waals surface area contributed by atoms with Gasteiger partial charge in [0.25, 0.3) is 0 Å². The summed E-state index contributed by atoms with van der Waals surface area (Å²) in [6.45, 7) is 2.51. The highest BCUT2D eigenvalue weighted by Crippen LogP contribution is 2.30. The molecule has 122 valence electrons. The van der Waals surface area contributed by atoms with Crippen molar-refractivity contribution in [3.8, 4) is 0 Å². The van der Waals surface area contributed by atoms with E-state index < -0.39 is 6.04 Å². The zero-order valence-corrected chi connectivity index (χ0v) is 13.3. The van der Waals surface area contributed by atoms with Crippen molar-refractivity contribution in [2.75, 3.05) is 13.6 Å². The van der Waals surface area contributed by atoms with Gasteiger partial charge in [-0.3, -0.25) is 4.79 Å². The van der Waals surface area contributed by atoms with Crippen LogP contribution in [-0.4, -0.2) is 44.6 Å². The molecular weight excluding hydrogens is 297 g/mol. The summed E-state index contributed by atoms with van der Waals surface area (Å²) in [5.74, 6) is 0.818. The molecule has 0 bridgehead atoms. The van der Waals surface area contributed by atoms with E-state index in [9.17, 15) is 9.18 Å². The van der Waals surface area contributed by atoms with Crippen molar-refractivity contribution < 1.29 is 9.18 Å². The number of amides is 1. The Hall–Kier alpha value is -2.31. The molecule has 1 amide bonds. The minimum absolute atomic E-state index is 0.0449. The highest BCUT2D eigenvalue weighted by Gasteiger charge is 2.31. The first-order valence-corrected chi connectivity index (χ1v) is 7.78. The number of likely N-dealkylation sites (N-methyl/N-ethyl adjacent to an activating group) is 1. The first-order chi connectivity index (χ1) is 11.0. The molecule has 0 spiro atoms. The van der Waals surface area contributed by atoms with Crippen molar-refractivity contribution in [1.29, 1.82) is 0 Å². The number of benzene rings is 1. The summed E-state index contributed by atoms with van der Waals surface area (Å²) in [5, 5.41) is 11.5. The van der Waals surface area contributed by atoms with Crippen LogP contribution in [0.2, 0.25) is 0 Å². The lowest BCUT2D eigenvalue weighted by molar-refractivity contribution is -0.134. The highest BCUT2D eigenvalue weighted by atomic mass is 19.1. The Morgan fingerprint density at radius 3 is 2.87 bits per heavy atom. The molecule has 1 heterocycles. The van der Waals surface area contributed by atoms with Gasteiger partial charge in [-0.2, -0.15) is 0 Å². The third-order valence-electron chi connectivity index (χ3n) is 4.16. The minimum atomic E-state index is -0.560. The number of carbonyl (C=O) groups excluding carboxylic acids is 1. The Balaban J connectivity index is 1.84. The quantitative estimate of drug-likeness (QED) is 0.814. The molecule has 0 saturated heterocycles. The van der Waals surface area contributed by atoms with Crippen LogP contribution in [0.15, 0.2) is 24.3 Å². The molecule has 23 heavy (non-hydrogen) atoms. The Kier molecular flexibility index (Phi) is 4.36. The number of tetrazole rings is 1. The second-order valence-electron chi connectivity index (χ2n) is 6.18. The van der Waals surface area contributed by atoms with Gasteiger partial charge in [0.2, 0.25) is 5.91 Å². The van der Waals surface area contributed by atoms with Gasteiger partial charge in [0.15, 0.2) is 0 Å². The second-order valence-corrected chi connectivity index (χ2v) is 6.18. The van der Waals surface area contributed by atoms with E-state index in [2.05, 4.69) is 15.5 Å². The molecule has 2 aromatic rings. The van der Waals surface area contributed by atoms with E-state index in [1.807, 2.05) is 6.07 Å². The molecule has 1 atom stereocenters. The molecule has 0 aliphatic heterocycles. The molecule has 7 heteroatoms. The van der Waals surface area contributed by atoms with E-state index in [0.717, 1.165) is 12.1 Å². The summed E-state index contributed by atoms with van der Waals surface area (Å²) in [5.41, 5.74) is 0.748. The van der Waals surface area contributed by atoms with Gasteiger partial charge in [0.1, 0.15) is 17.7 Å². The average molecular weight is 317 g/mol. The van der Waals surface area contributed by atoms with E-state index in [4.69, 9.17) is 0 Å². The Labute approximate surface area is 134 Å². The summed E-state index contributed by atoms with van der Waals surface area (Å²) in [4.78, 5) is 14.6. The fraction of sp³-hybridized carbons (Fsp3) is 0.500. The summed E-state index contributed by atoms with van der Waals surface area (Å²) in [6.07, 6.45) is 2.71. The van der Waals surface area contributed by atoms with Gasteiger partial charge in [-0.05, 0) is 53.8 Å². The SMILES string of the molecule is Cc1nnnn1[C@H](Cc1cccc(F)c1)C(=O)N(C)CC1CC1. The molecule has 1 aliphatic carbocycles. The molecule has 3 rings (SSSR count). The molecule has 1 aromatic heterocycles. The van der Waals surface area contributed by atoms with Crippen LogP contribution in [0, 0.1) is 18.7 Å². The van der Waals surface area contributed by atoms with E-state index >= 15 is 0 Å². The Morgan fingerprint density at radius 2 is 2.26 bits per heavy atom. The third kappa shape index (κ3) is 3.72. The lowest BCUT2D eigenvalue weighted by atomic mass is 10.0. The number of carbonyl (C=O) groups is 1. The first-order valence-electron chi connectivity index (χ1n) is 7.78. The van der Waals surface area contributed by atoms with Crippen LogP contribution in [0.3, 0.4) is 0 Å². The maximum Gasteiger partial charge on any atom is 0.247 e. The van der Waals surface area contributed by atoms with Gasteiger partial charge in [-0.25, -0.2) is 9.07 Å². The van der Waals surface area contributed by atoms with Crippen molar-refractivity contribution in [3.63, 3.8) is 0 Å². The van der Waals surface area contributed by atoms with Crippen molar-refractivity contribution in [1.82, 2.24) is 25.1 Å². The average Bonchev–Trinajstić information content (AvgIpc) is 3.23. The van der Waals surface area contributed by atoms with E-state index in [0.29, 0.717) is 18.2 Å². The topological polar surface area (TPSA) is 63.9 Å². The Bertz CT molecular complexity index is 697. The predicted molar refractivity (Wildman–Crippen MR) is 82.1 cm³/mol. The van der Waals surface area contributed by atoms with Crippen LogP contribution in [-0.2, 0) is 11.2 Å². The second kappa shape index (κ2) is 6.44. The molecule has 1 aromatic carbocycles. The first kappa shape index (κ1) is 15.6. The highest BCUT2D eigenvalue weighted by molar-refractivity contribution is 5.80. The summed E-state index contributed by atoms with van der Waals surface area (Å²) in [6, 6.07) is 5.73. The van der Waals surface area contributed by atoms with Gasteiger partial charge < -0.3 is 4.90 Å². The number of rotatable bonds is 6. The summed E-state index contributed by atoms with van der Waals surface area (Å²) < 4.78 is 15.0. The molecule has 0 radical (unpaired) electrons. The third-order valence-corrected chi connectivity index (χ3v) is 4.16. The largest absolute Gasteiger partial charge is 0.344 e. The van der Waals surface area contributed by atoms with Gasteiger partial charge in [-0.15, -0.1) is 5.10 Å². The van der Waals surface area contributed by atoms with Gasteiger partial charge in [0.05, 0.1) is 0 Å². The summed E-state index contributed by atoms with van der Waals surface area (Å²) >= 11 is 0. The van der Waals surface area contributed by atoms with Gasteiger partial charge >= 0.3 is 0 Å². The number of nitrogens with zero attached hydrogens (tertiary/aromatic N) is 5. The van der Waals surface area contributed by atoms with Gasteiger partial charge in [0, 0.05) is 20.0 Å². The number of aromatic nitrogens is 4.